The van der Waals surface area contributed by atoms with E-state index in [-0.39, 0.29) is 5.91 Å². The normalized spacial score (nSPS) is 12.6. The molecule has 1 aliphatic rings. The Hall–Kier alpha value is -4.46. The Balaban J connectivity index is 1.29. The van der Waals surface area contributed by atoms with Crippen LogP contribution in [-0.2, 0) is 6.42 Å². The van der Waals surface area contributed by atoms with Crippen molar-refractivity contribution in [1.82, 2.24) is 15.0 Å². The molecule has 8 nitrogen and oxygen atoms in total. The van der Waals surface area contributed by atoms with Gasteiger partial charge in [0.2, 0.25) is 0 Å². The van der Waals surface area contributed by atoms with Crippen LogP contribution in [0.4, 0.5) is 28.8 Å². The van der Waals surface area contributed by atoms with Gasteiger partial charge in [-0.15, -0.1) is 0 Å². The maximum Gasteiger partial charge on any atom is 0.261 e. The second kappa shape index (κ2) is 10.0. The van der Waals surface area contributed by atoms with Crippen LogP contribution in [0.25, 0.3) is 0 Å². The van der Waals surface area contributed by atoms with Crippen LogP contribution in [0.15, 0.2) is 73.2 Å². The molecule has 1 N–H and O–H groups in total. The van der Waals surface area contributed by atoms with Gasteiger partial charge in [-0.2, -0.15) is 0 Å². The quantitative estimate of drug-likeness (QED) is 0.385. The molecule has 4 aromatic rings. The number of hydrogen-bond acceptors (Lipinski definition) is 7. The van der Waals surface area contributed by atoms with Crippen molar-refractivity contribution in [2.45, 2.75) is 20.3 Å². The van der Waals surface area contributed by atoms with E-state index in [0.717, 1.165) is 39.9 Å². The number of aromatic nitrogens is 3. The number of amides is 1. The summed E-state index contributed by atoms with van der Waals surface area (Å²) in [5.41, 5.74) is 4.25. The summed E-state index contributed by atoms with van der Waals surface area (Å²) in [4.78, 5) is 30.4. The summed E-state index contributed by atoms with van der Waals surface area (Å²) in [6, 6.07) is 17.4. The fraction of sp³-hybridized carbons (Fsp3) is 0.214. The van der Waals surface area contributed by atoms with Gasteiger partial charge in [-0.1, -0.05) is 6.07 Å². The number of carbonyl (C=O) groups is 1. The smallest absolute Gasteiger partial charge is 0.261 e. The third kappa shape index (κ3) is 4.57. The molecular formula is C28H28N6O2. The fourth-order valence-corrected chi connectivity index (χ4v) is 4.31. The van der Waals surface area contributed by atoms with Crippen LogP contribution in [0.5, 0.6) is 5.75 Å². The average molecular weight is 481 g/mol. The number of aryl methyl sites for hydroxylation is 1. The summed E-state index contributed by atoms with van der Waals surface area (Å²) >= 11 is 0. The second-order valence-corrected chi connectivity index (χ2v) is 8.59. The van der Waals surface area contributed by atoms with Crippen molar-refractivity contribution in [3.63, 3.8) is 0 Å². The minimum absolute atomic E-state index is 0.0997. The van der Waals surface area contributed by atoms with E-state index in [4.69, 9.17) is 4.74 Å². The van der Waals surface area contributed by atoms with Gasteiger partial charge in [0, 0.05) is 44.3 Å². The molecular weight excluding hydrogens is 452 g/mol. The van der Waals surface area contributed by atoms with E-state index in [1.54, 1.807) is 24.3 Å². The average Bonchev–Trinajstić information content (AvgIpc) is 2.99. The van der Waals surface area contributed by atoms with E-state index in [0.29, 0.717) is 31.0 Å². The first-order chi connectivity index (χ1) is 17.5. The van der Waals surface area contributed by atoms with E-state index < -0.39 is 0 Å². The lowest BCUT2D eigenvalue weighted by atomic mass is 10.1. The molecule has 0 unspecified atom stereocenters. The third-order valence-electron chi connectivity index (χ3n) is 6.17. The van der Waals surface area contributed by atoms with E-state index in [1.165, 1.54) is 0 Å². The van der Waals surface area contributed by atoms with Crippen LogP contribution in [0.2, 0.25) is 0 Å². The van der Waals surface area contributed by atoms with Gasteiger partial charge in [-0.05, 0) is 73.5 Å². The van der Waals surface area contributed by atoms with Crippen LogP contribution >= 0.6 is 0 Å². The molecule has 0 bridgehead atoms. The Morgan fingerprint density at radius 1 is 0.972 bits per heavy atom. The first kappa shape index (κ1) is 23.3. The van der Waals surface area contributed by atoms with Crippen molar-refractivity contribution in [2.75, 3.05) is 35.3 Å². The molecule has 4 heterocycles. The molecule has 0 saturated carbocycles. The Kier molecular flexibility index (Phi) is 6.49. The van der Waals surface area contributed by atoms with Crippen molar-refractivity contribution in [3.8, 4) is 5.75 Å². The first-order valence-corrected chi connectivity index (χ1v) is 12.0. The maximum atomic E-state index is 13.3. The zero-order valence-corrected chi connectivity index (χ0v) is 20.6. The van der Waals surface area contributed by atoms with E-state index in [2.05, 4.69) is 20.3 Å². The number of benzene rings is 1. The lowest BCUT2D eigenvalue weighted by Gasteiger charge is -2.22. The fourth-order valence-electron chi connectivity index (χ4n) is 4.31. The van der Waals surface area contributed by atoms with Gasteiger partial charge >= 0.3 is 0 Å². The maximum absolute atomic E-state index is 13.3. The largest absolute Gasteiger partial charge is 0.493 e. The van der Waals surface area contributed by atoms with Crippen molar-refractivity contribution in [3.05, 3.63) is 89.9 Å². The van der Waals surface area contributed by atoms with Gasteiger partial charge in [0.15, 0.2) is 5.82 Å². The summed E-state index contributed by atoms with van der Waals surface area (Å²) < 4.78 is 6.07. The number of nitrogens with one attached hydrogen (secondary N) is 1. The zero-order chi connectivity index (χ0) is 25.1. The Labute approximate surface area is 210 Å². The molecule has 0 spiro atoms. The number of anilines is 5. The summed E-state index contributed by atoms with van der Waals surface area (Å²) in [7, 11) is 1.77. The van der Waals surface area contributed by atoms with Gasteiger partial charge in [0.05, 0.1) is 17.9 Å². The summed E-state index contributed by atoms with van der Waals surface area (Å²) in [6.07, 6.45) is 5.94. The molecule has 1 amide bonds. The van der Waals surface area contributed by atoms with Gasteiger partial charge in [0.25, 0.3) is 5.91 Å². The molecule has 8 heteroatoms. The van der Waals surface area contributed by atoms with Crippen LogP contribution < -0.4 is 19.9 Å². The van der Waals surface area contributed by atoms with E-state index in [9.17, 15) is 4.79 Å². The van der Waals surface area contributed by atoms with Gasteiger partial charge in [-0.3, -0.25) is 4.79 Å². The third-order valence-corrected chi connectivity index (χ3v) is 6.17. The molecule has 5 rings (SSSR count). The lowest BCUT2D eigenvalue weighted by molar-refractivity contribution is 0.0994. The van der Waals surface area contributed by atoms with Gasteiger partial charge in [-0.25, -0.2) is 15.0 Å². The molecule has 0 aliphatic carbocycles. The molecule has 0 atom stereocenters. The summed E-state index contributed by atoms with van der Waals surface area (Å²) in [6.45, 7) is 5.17. The molecule has 1 aliphatic heterocycles. The predicted octanol–water partition coefficient (Wildman–Crippen LogP) is 5.29. The number of pyridine rings is 3. The van der Waals surface area contributed by atoms with Crippen LogP contribution in [-0.4, -0.2) is 41.1 Å². The summed E-state index contributed by atoms with van der Waals surface area (Å²) in [5.74, 6) is 2.87. The topological polar surface area (TPSA) is 83.5 Å². The first-order valence-electron chi connectivity index (χ1n) is 12.0. The Bertz CT molecular complexity index is 1390. The Morgan fingerprint density at radius 2 is 1.83 bits per heavy atom. The van der Waals surface area contributed by atoms with Gasteiger partial charge < -0.3 is 19.9 Å². The molecule has 36 heavy (non-hydrogen) atoms. The highest BCUT2D eigenvalue weighted by molar-refractivity contribution is 6.12. The summed E-state index contributed by atoms with van der Waals surface area (Å²) in [5, 5.41) is 3.29. The number of hydrogen-bond donors (Lipinski definition) is 1. The van der Waals surface area contributed by atoms with Crippen LogP contribution in [0, 0.1) is 6.92 Å². The standard InChI is InChI=1S/C28H28N6O2/c1-4-34-26-22(28(35)33(3)23-8-7-14-30-27(23)34)17-20(18-31-26)12-15-36-24-11-10-21(16-19(24)2)32-25-9-5-6-13-29-25/h5-11,13-14,16-18H,4,12,15H2,1-3H3,(H,29,32). The number of fused-ring (bicyclic) bond motifs is 2. The van der Waals surface area contributed by atoms with Crippen LogP contribution in [0.1, 0.15) is 28.4 Å². The zero-order valence-electron chi connectivity index (χ0n) is 20.6. The van der Waals surface area contributed by atoms with Crippen molar-refractivity contribution in [1.29, 1.82) is 0 Å². The molecule has 0 radical (unpaired) electrons. The van der Waals surface area contributed by atoms with Gasteiger partial charge in [0.1, 0.15) is 17.4 Å². The number of rotatable bonds is 7. The highest BCUT2D eigenvalue weighted by Crippen LogP contribution is 2.37. The van der Waals surface area contributed by atoms with Crippen LogP contribution in [0.3, 0.4) is 0 Å². The highest BCUT2D eigenvalue weighted by atomic mass is 16.5. The van der Waals surface area contributed by atoms with E-state index >= 15 is 0 Å². The Morgan fingerprint density at radius 3 is 2.61 bits per heavy atom. The SMILES string of the molecule is CCN1c2ncc(CCOc3ccc(Nc4ccccn4)cc3C)cc2C(=O)N(C)c2cccnc21. The monoisotopic (exact) mass is 480 g/mol. The second-order valence-electron chi connectivity index (χ2n) is 8.59. The van der Waals surface area contributed by atoms with Crippen molar-refractivity contribution < 1.29 is 9.53 Å². The predicted molar refractivity (Wildman–Crippen MR) is 142 cm³/mol. The number of ether oxygens (including phenoxy) is 1. The minimum Gasteiger partial charge on any atom is -0.493 e. The lowest BCUT2D eigenvalue weighted by Crippen LogP contribution is -2.25. The van der Waals surface area contributed by atoms with E-state index in [1.807, 2.05) is 79.5 Å². The van der Waals surface area contributed by atoms with Crippen molar-refractivity contribution in [2.24, 2.45) is 0 Å². The van der Waals surface area contributed by atoms with Crippen molar-refractivity contribution >= 4 is 34.7 Å². The molecule has 3 aromatic heterocycles. The molecule has 1 aromatic carbocycles. The number of nitrogens with zero attached hydrogens (tertiary/aromatic N) is 5. The molecule has 182 valence electrons. The molecule has 0 saturated heterocycles. The highest BCUT2D eigenvalue weighted by Gasteiger charge is 2.30. The minimum atomic E-state index is -0.0997. The molecule has 0 fully saturated rings. The number of carbonyl (C=O) groups excluding carboxylic acids is 1.